The van der Waals surface area contributed by atoms with Crippen molar-refractivity contribution in [1.82, 2.24) is 0 Å². The van der Waals surface area contributed by atoms with Crippen LogP contribution in [0.3, 0.4) is 0 Å². The van der Waals surface area contributed by atoms with Crippen LogP contribution in [0.25, 0.3) is 21.9 Å². The van der Waals surface area contributed by atoms with Crippen molar-refractivity contribution in [2.45, 2.75) is 20.8 Å². The van der Waals surface area contributed by atoms with Crippen LogP contribution in [0, 0.1) is 19.9 Å². The van der Waals surface area contributed by atoms with Crippen LogP contribution >= 0.6 is 0 Å². The van der Waals surface area contributed by atoms with Crippen LogP contribution < -0.4 is 35.0 Å². The van der Waals surface area contributed by atoms with E-state index < -0.39 is 5.97 Å². The number of aliphatic carboxylic acids is 1. The number of carbonyl (C=O) groups is 1. The second-order valence-electron chi connectivity index (χ2n) is 4.75. The molecule has 0 amide bonds. The van der Waals surface area contributed by atoms with E-state index in [2.05, 4.69) is 6.07 Å². The van der Waals surface area contributed by atoms with E-state index in [1.54, 1.807) is 18.2 Å². The molecule has 0 saturated heterocycles. The van der Waals surface area contributed by atoms with Gasteiger partial charge in [0.2, 0.25) is 0 Å². The van der Waals surface area contributed by atoms with Gasteiger partial charge in [0, 0.05) is 12.5 Å². The summed E-state index contributed by atoms with van der Waals surface area (Å²) in [4.78, 5) is 21.3. The van der Waals surface area contributed by atoms with Crippen molar-refractivity contribution in [2.75, 3.05) is 0 Å². The normalized spacial score (nSPS) is 9.77. The number of rotatable bonds is 0. The van der Waals surface area contributed by atoms with E-state index in [1.165, 1.54) is 0 Å². The van der Waals surface area contributed by atoms with E-state index in [1.807, 2.05) is 26.0 Å². The van der Waals surface area contributed by atoms with Crippen LogP contribution in [0.1, 0.15) is 18.1 Å². The summed E-state index contributed by atoms with van der Waals surface area (Å²) >= 11 is 0. The molecule has 0 saturated carbocycles. The number of hydrogen-bond acceptors (Lipinski definition) is 3. The molecule has 2 aromatic carbocycles. The van der Waals surface area contributed by atoms with Gasteiger partial charge in [-0.25, -0.2) is 0 Å². The number of para-hydroxylation sites is 1. The SMILES string of the molecule is CC(=O)O.Cc1ccc2c(=O)c3ccc[c-]c3oc2c1C.[Na+]. The molecule has 0 bridgehead atoms. The molecule has 0 aliphatic carbocycles. The average Bonchev–Trinajstić information content (AvgIpc) is 2.43. The molecule has 0 radical (unpaired) electrons. The first-order valence-corrected chi connectivity index (χ1v) is 6.44. The summed E-state index contributed by atoms with van der Waals surface area (Å²) in [5.41, 5.74) is 3.35. The molecule has 3 rings (SSSR count). The molecule has 5 heteroatoms. The van der Waals surface area contributed by atoms with Crippen molar-refractivity contribution < 1.29 is 43.9 Å². The summed E-state index contributed by atoms with van der Waals surface area (Å²) in [5, 5.41) is 8.64. The van der Waals surface area contributed by atoms with Crippen LogP contribution in [0.2, 0.25) is 0 Å². The Kier molecular flexibility index (Phi) is 6.35. The quantitative estimate of drug-likeness (QED) is 0.372. The Balaban J connectivity index is 0.000000436. The molecule has 1 aromatic heterocycles. The predicted octanol–water partition coefficient (Wildman–Crippen LogP) is 0.458. The Hall–Kier alpha value is -1.62. The van der Waals surface area contributed by atoms with E-state index in [9.17, 15) is 4.79 Å². The van der Waals surface area contributed by atoms with Crippen LogP contribution in [-0.4, -0.2) is 11.1 Å². The number of fused-ring (bicyclic) bond motifs is 2. The Labute approximate surface area is 150 Å². The number of benzene rings is 2. The summed E-state index contributed by atoms with van der Waals surface area (Å²) in [7, 11) is 0. The maximum Gasteiger partial charge on any atom is 1.00 e. The van der Waals surface area contributed by atoms with Crippen molar-refractivity contribution in [3.05, 3.63) is 57.7 Å². The zero-order valence-corrected chi connectivity index (χ0v) is 15.1. The van der Waals surface area contributed by atoms with Gasteiger partial charge in [-0.05, 0) is 36.4 Å². The molecule has 0 aliphatic heterocycles. The molecule has 0 aliphatic rings. The summed E-state index contributed by atoms with van der Waals surface area (Å²) in [6.07, 6.45) is 0. The molecule has 4 nitrogen and oxygen atoms in total. The summed E-state index contributed by atoms with van der Waals surface area (Å²) < 4.78 is 5.78. The smallest absolute Gasteiger partial charge is 0.482 e. The summed E-state index contributed by atoms with van der Waals surface area (Å²) in [5.74, 6) is -0.833. The largest absolute Gasteiger partial charge is 1.00 e. The Morgan fingerprint density at radius 2 is 1.82 bits per heavy atom. The minimum absolute atomic E-state index is 0. The van der Waals surface area contributed by atoms with Gasteiger partial charge in [0.25, 0.3) is 5.97 Å². The van der Waals surface area contributed by atoms with E-state index in [0.717, 1.165) is 18.1 Å². The van der Waals surface area contributed by atoms with Gasteiger partial charge in [-0.15, -0.1) is 6.07 Å². The van der Waals surface area contributed by atoms with Crippen molar-refractivity contribution >= 4 is 27.9 Å². The molecule has 108 valence electrons. The van der Waals surface area contributed by atoms with Crippen LogP contribution in [0.15, 0.2) is 39.5 Å². The van der Waals surface area contributed by atoms with Gasteiger partial charge in [0.15, 0.2) is 0 Å². The van der Waals surface area contributed by atoms with Gasteiger partial charge >= 0.3 is 29.6 Å². The third-order valence-corrected chi connectivity index (χ3v) is 3.19. The maximum absolute atomic E-state index is 12.3. The fraction of sp³-hybridized carbons (Fsp3) is 0.176. The molecule has 0 unspecified atom stereocenters. The number of hydrogen-bond donors (Lipinski definition) is 1. The molecule has 0 atom stereocenters. The average molecular weight is 306 g/mol. The van der Waals surface area contributed by atoms with Crippen LogP contribution in [-0.2, 0) is 4.79 Å². The topological polar surface area (TPSA) is 67.5 Å². The first-order chi connectivity index (χ1) is 9.91. The second kappa shape index (κ2) is 7.58. The van der Waals surface area contributed by atoms with E-state index in [4.69, 9.17) is 14.3 Å². The second-order valence-corrected chi connectivity index (χ2v) is 4.75. The number of carboxylic acid groups (broad SMARTS) is 1. The zero-order valence-electron chi connectivity index (χ0n) is 13.1. The van der Waals surface area contributed by atoms with Gasteiger partial charge in [0.1, 0.15) is 11.0 Å². The van der Waals surface area contributed by atoms with Crippen molar-refractivity contribution in [1.29, 1.82) is 0 Å². The molecule has 3 aromatic rings. The molecule has 1 heterocycles. The van der Waals surface area contributed by atoms with E-state index in [-0.39, 0.29) is 35.0 Å². The van der Waals surface area contributed by atoms with Crippen molar-refractivity contribution in [3.8, 4) is 0 Å². The Bertz CT molecular complexity index is 877. The van der Waals surface area contributed by atoms with E-state index in [0.29, 0.717) is 21.9 Å². The summed E-state index contributed by atoms with van der Waals surface area (Å²) in [6, 6.07) is 12.1. The monoisotopic (exact) mass is 306 g/mol. The minimum Gasteiger partial charge on any atom is -0.482 e. The number of carboxylic acids is 1. The van der Waals surface area contributed by atoms with Crippen LogP contribution in [0.4, 0.5) is 0 Å². The molecule has 0 spiro atoms. The third-order valence-electron chi connectivity index (χ3n) is 3.19. The predicted molar refractivity (Wildman–Crippen MR) is 81.6 cm³/mol. The first kappa shape index (κ1) is 18.4. The maximum atomic E-state index is 12.3. The van der Waals surface area contributed by atoms with Gasteiger partial charge in [-0.2, -0.15) is 18.2 Å². The molecule has 1 N–H and O–H groups in total. The first-order valence-electron chi connectivity index (χ1n) is 6.44. The minimum atomic E-state index is -0.833. The van der Waals surface area contributed by atoms with Gasteiger partial charge in [-0.1, -0.05) is 6.07 Å². The van der Waals surface area contributed by atoms with Gasteiger partial charge in [-0.3, -0.25) is 4.79 Å². The molecule has 0 fully saturated rings. The summed E-state index contributed by atoms with van der Waals surface area (Å²) in [6.45, 7) is 5.06. The zero-order chi connectivity index (χ0) is 15.6. The standard InChI is InChI=1S/C15H11O2.C2H4O2.Na/c1-9-7-8-12-14(16)11-5-3-4-6-13(11)17-15(12)10(9)2;1-2(3)4;/h3-5,7-8H,1-2H3;1H3,(H,3,4);/q-1;;+1. The fourth-order valence-corrected chi connectivity index (χ4v) is 2.03. The number of aryl methyl sites for hydroxylation is 2. The Morgan fingerprint density at radius 1 is 1.18 bits per heavy atom. The van der Waals surface area contributed by atoms with Gasteiger partial charge < -0.3 is 14.3 Å². The fourth-order valence-electron chi connectivity index (χ4n) is 2.03. The molecule has 22 heavy (non-hydrogen) atoms. The van der Waals surface area contributed by atoms with E-state index >= 15 is 0 Å². The van der Waals surface area contributed by atoms with Crippen molar-refractivity contribution in [2.24, 2.45) is 0 Å². The molecular weight excluding hydrogens is 291 g/mol. The third kappa shape index (κ3) is 3.77. The Morgan fingerprint density at radius 3 is 2.45 bits per heavy atom. The van der Waals surface area contributed by atoms with Crippen LogP contribution in [0.5, 0.6) is 0 Å². The molecular formula is C17H15NaO4. The van der Waals surface area contributed by atoms with Gasteiger partial charge in [0.05, 0.1) is 5.39 Å². The van der Waals surface area contributed by atoms with Crippen molar-refractivity contribution in [3.63, 3.8) is 0 Å².